The van der Waals surface area contributed by atoms with Gasteiger partial charge in [-0.05, 0) is 33.2 Å². The molecule has 1 rings (SSSR count). The Hall–Kier alpha value is -0.160. The van der Waals surface area contributed by atoms with Crippen molar-refractivity contribution in [2.24, 2.45) is 5.73 Å². The Morgan fingerprint density at radius 3 is 2.88 bits per heavy atom. The van der Waals surface area contributed by atoms with Gasteiger partial charge in [0.05, 0.1) is 19.3 Å². The molecule has 2 N–H and O–H groups in total. The molecule has 0 aromatic carbocycles. The first-order valence-corrected chi connectivity index (χ1v) is 6.25. The van der Waals surface area contributed by atoms with Crippen LogP contribution in [0.25, 0.3) is 0 Å². The highest BCUT2D eigenvalue weighted by Gasteiger charge is 2.29. The quantitative estimate of drug-likeness (QED) is 0.735. The van der Waals surface area contributed by atoms with Crippen LogP contribution in [0.1, 0.15) is 26.7 Å². The standard InChI is InChI=1S/C12H26N2O2/c1-10-8-16-11(2)7-14(10)12(9-15-3)5-4-6-13/h10-12H,4-9,13H2,1-3H3. The molecule has 0 aliphatic carbocycles. The Bertz CT molecular complexity index is 190. The number of nitrogens with two attached hydrogens (primary N) is 1. The molecule has 1 fully saturated rings. The Morgan fingerprint density at radius 2 is 2.25 bits per heavy atom. The third-order valence-corrected chi connectivity index (χ3v) is 3.23. The predicted molar refractivity (Wildman–Crippen MR) is 65.5 cm³/mol. The van der Waals surface area contributed by atoms with Crippen molar-refractivity contribution < 1.29 is 9.47 Å². The van der Waals surface area contributed by atoms with E-state index in [1.165, 1.54) is 0 Å². The SMILES string of the molecule is COCC(CCCN)N1CC(C)OCC1C. The van der Waals surface area contributed by atoms with Crippen molar-refractivity contribution in [2.75, 3.05) is 33.4 Å². The van der Waals surface area contributed by atoms with Crippen LogP contribution in [0.5, 0.6) is 0 Å². The van der Waals surface area contributed by atoms with E-state index in [1.807, 2.05) is 0 Å². The molecule has 3 atom stereocenters. The summed E-state index contributed by atoms with van der Waals surface area (Å²) in [6.45, 7) is 7.72. The number of rotatable bonds is 6. The van der Waals surface area contributed by atoms with E-state index in [-0.39, 0.29) is 0 Å². The highest BCUT2D eigenvalue weighted by atomic mass is 16.5. The van der Waals surface area contributed by atoms with E-state index in [9.17, 15) is 0 Å². The van der Waals surface area contributed by atoms with E-state index in [0.717, 1.165) is 39.1 Å². The Balaban J connectivity index is 2.52. The molecule has 1 aliphatic heterocycles. The van der Waals surface area contributed by atoms with Crippen molar-refractivity contribution in [3.63, 3.8) is 0 Å². The van der Waals surface area contributed by atoms with E-state index in [2.05, 4.69) is 18.7 Å². The molecular formula is C12H26N2O2. The van der Waals surface area contributed by atoms with E-state index in [4.69, 9.17) is 15.2 Å². The van der Waals surface area contributed by atoms with Crippen LogP contribution in [-0.2, 0) is 9.47 Å². The van der Waals surface area contributed by atoms with Crippen molar-refractivity contribution in [2.45, 2.75) is 44.9 Å². The van der Waals surface area contributed by atoms with Crippen LogP contribution in [0.4, 0.5) is 0 Å². The summed E-state index contributed by atoms with van der Waals surface area (Å²) < 4.78 is 11.0. The maximum absolute atomic E-state index is 5.65. The van der Waals surface area contributed by atoms with Crippen LogP contribution >= 0.6 is 0 Å². The number of hydrogen-bond acceptors (Lipinski definition) is 4. The first kappa shape index (κ1) is 13.9. The molecule has 4 nitrogen and oxygen atoms in total. The van der Waals surface area contributed by atoms with Crippen LogP contribution in [0.3, 0.4) is 0 Å². The topological polar surface area (TPSA) is 47.7 Å². The lowest BCUT2D eigenvalue weighted by Crippen LogP contribution is -2.53. The summed E-state index contributed by atoms with van der Waals surface area (Å²) in [6, 6.07) is 0.962. The third-order valence-electron chi connectivity index (χ3n) is 3.23. The van der Waals surface area contributed by atoms with Gasteiger partial charge in [0.15, 0.2) is 0 Å². The average molecular weight is 230 g/mol. The lowest BCUT2D eigenvalue weighted by molar-refractivity contribution is -0.0774. The normalized spacial score (nSPS) is 29.2. The predicted octanol–water partition coefficient (Wildman–Crippen LogP) is 0.850. The van der Waals surface area contributed by atoms with Crippen molar-refractivity contribution >= 4 is 0 Å². The number of morpholine rings is 1. The molecule has 4 heteroatoms. The Labute approximate surface area is 99.1 Å². The van der Waals surface area contributed by atoms with Gasteiger partial charge in [-0.2, -0.15) is 0 Å². The van der Waals surface area contributed by atoms with Gasteiger partial charge in [-0.15, -0.1) is 0 Å². The van der Waals surface area contributed by atoms with Gasteiger partial charge >= 0.3 is 0 Å². The van der Waals surface area contributed by atoms with Crippen LogP contribution in [0.15, 0.2) is 0 Å². The molecule has 0 aromatic heterocycles. The lowest BCUT2D eigenvalue weighted by atomic mass is 10.1. The summed E-state index contributed by atoms with van der Waals surface area (Å²) in [5, 5.41) is 0. The molecule has 0 bridgehead atoms. The Morgan fingerprint density at radius 1 is 1.50 bits per heavy atom. The van der Waals surface area contributed by atoms with E-state index in [1.54, 1.807) is 7.11 Å². The van der Waals surface area contributed by atoms with Gasteiger partial charge in [-0.25, -0.2) is 0 Å². The largest absolute Gasteiger partial charge is 0.383 e. The first-order chi connectivity index (χ1) is 7.69. The third kappa shape index (κ3) is 4.01. The summed E-state index contributed by atoms with van der Waals surface area (Å²) in [6.07, 6.45) is 2.50. The second kappa shape index (κ2) is 7.22. The van der Waals surface area contributed by atoms with Gasteiger partial charge in [-0.1, -0.05) is 0 Å². The second-order valence-electron chi connectivity index (χ2n) is 4.73. The lowest BCUT2D eigenvalue weighted by Gasteiger charge is -2.41. The van der Waals surface area contributed by atoms with Crippen LogP contribution in [0, 0.1) is 0 Å². The number of methoxy groups -OCH3 is 1. The van der Waals surface area contributed by atoms with Crippen molar-refractivity contribution in [3.05, 3.63) is 0 Å². The monoisotopic (exact) mass is 230 g/mol. The average Bonchev–Trinajstić information content (AvgIpc) is 2.28. The molecule has 0 spiro atoms. The molecule has 3 unspecified atom stereocenters. The molecule has 0 saturated carbocycles. The van der Waals surface area contributed by atoms with E-state index in [0.29, 0.717) is 18.2 Å². The second-order valence-corrected chi connectivity index (χ2v) is 4.73. The maximum Gasteiger partial charge on any atom is 0.0674 e. The molecule has 1 saturated heterocycles. The van der Waals surface area contributed by atoms with E-state index >= 15 is 0 Å². The van der Waals surface area contributed by atoms with Crippen LogP contribution in [-0.4, -0.2) is 56.5 Å². The minimum absolute atomic E-state index is 0.327. The zero-order valence-corrected chi connectivity index (χ0v) is 10.8. The summed E-state index contributed by atoms with van der Waals surface area (Å²) in [7, 11) is 1.77. The molecule has 1 aliphatic rings. The highest BCUT2D eigenvalue weighted by Crippen LogP contribution is 2.18. The summed E-state index contributed by atoms with van der Waals surface area (Å²) >= 11 is 0. The van der Waals surface area contributed by atoms with Gasteiger partial charge in [0, 0.05) is 25.7 Å². The maximum atomic E-state index is 5.65. The molecule has 16 heavy (non-hydrogen) atoms. The summed E-state index contributed by atoms with van der Waals surface area (Å²) in [5.74, 6) is 0. The first-order valence-electron chi connectivity index (χ1n) is 6.25. The van der Waals surface area contributed by atoms with E-state index < -0.39 is 0 Å². The molecule has 0 amide bonds. The molecular weight excluding hydrogens is 204 g/mol. The molecule has 0 aromatic rings. The fourth-order valence-corrected chi connectivity index (χ4v) is 2.33. The van der Waals surface area contributed by atoms with Gasteiger partial charge < -0.3 is 15.2 Å². The highest BCUT2D eigenvalue weighted by molar-refractivity contribution is 4.82. The summed E-state index contributed by atoms with van der Waals surface area (Å²) in [5.41, 5.74) is 5.58. The fraction of sp³-hybridized carbons (Fsp3) is 1.00. The van der Waals surface area contributed by atoms with Crippen molar-refractivity contribution in [3.8, 4) is 0 Å². The number of hydrogen-bond donors (Lipinski definition) is 1. The van der Waals surface area contributed by atoms with Crippen molar-refractivity contribution in [1.29, 1.82) is 0 Å². The fourth-order valence-electron chi connectivity index (χ4n) is 2.33. The van der Waals surface area contributed by atoms with Crippen LogP contribution < -0.4 is 5.73 Å². The smallest absolute Gasteiger partial charge is 0.0674 e. The van der Waals surface area contributed by atoms with Crippen molar-refractivity contribution in [1.82, 2.24) is 4.90 Å². The zero-order chi connectivity index (χ0) is 12.0. The minimum Gasteiger partial charge on any atom is -0.383 e. The zero-order valence-electron chi connectivity index (χ0n) is 10.8. The Kier molecular flexibility index (Phi) is 6.28. The van der Waals surface area contributed by atoms with Gasteiger partial charge in [0.1, 0.15) is 0 Å². The van der Waals surface area contributed by atoms with Gasteiger partial charge in [0.25, 0.3) is 0 Å². The van der Waals surface area contributed by atoms with Crippen LogP contribution in [0.2, 0.25) is 0 Å². The molecule has 0 radical (unpaired) electrons. The van der Waals surface area contributed by atoms with Gasteiger partial charge in [-0.3, -0.25) is 4.90 Å². The van der Waals surface area contributed by atoms with Gasteiger partial charge in [0.2, 0.25) is 0 Å². The molecule has 1 heterocycles. The summed E-state index contributed by atoms with van der Waals surface area (Å²) in [4.78, 5) is 2.51. The molecule has 96 valence electrons. The number of ether oxygens (including phenoxy) is 2. The number of nitrogens with zero attached hydrogens (tertiary/aromatic N) is 1. The minimum atomic E-state index is 0.327.